The van der Waals surface area contributed by atoms with E-state index < -0.39 is 0 Å². The summed E-state index contributed by atoms with van der Waals surface area (Å²) < 4.78 is 12.4. The van der Waals surface area contributed by atoms with Gasteiger partial charge in [-0.15, -0.1) is 0 Å². The highest BCUT2D eigenvalue weighted by molar-refractivity contribution is 5.99. The minimum atomic E-state index is -0.361. The number of likely N-dealkylation sites (N-methyl/N-ethyl adjacent to an activating group) is 1. The Morgan fingerprint density at radius 2 is 2.00 bits per heavy atom. The molecular weight excluding hydrogens is 500 g/mol. The third-order valence-corrected chi connectivity index (χ3v) is 6.88. The van der Waals surface area contributed by atoms with E-state index in [1.165, 1.54) is 10.9 Å². The Morgan fingerprint density at radius 3 is 2.74 bits per heavy atom. The Morgan fingerprint density at radius 1 is 1.21 bits per heavy atom. The molecule has 39 heavy (non-hydrogen) atoms. The smallest absolute Gasteiger partial charge is 0.331 e. The Hall–Kier alpha value is -4.21. The van der Waals surface area contributed by atoms with Crippen LogP contribution in [0.4, 0.5) is 16.3 Å². The number of benzene rings is 1. The fourth-order valence-electron chi connectivity index (χ4n) is 4.72. The third kappa shape index (κ3) is 6.63. The molecule has 0 spiro atoms. The summed E-state index contributed by atoms with van der Waals surface area (Å²) >= 11 is 0. The molecule has 2 atom stereocenters. The molecule has 206 valence electrons. The molecule has 2 amide bonds. The quantitative estimate of drug-likeness (QED) is 0.374. The van der Waals surface area contributed by atoms with Crippen LogP contribution in [0, 0.1) is 17.2 Å². The zero-order chi connectivity index (χ0) is 27.8. The van der Waals surface area contributed by atoms with Crippen LogP contribution >= 0.6 is 0 Å². The van der Waals surface area contributed by atoms with Crippen molar-refractivity contribution in [1.29, 1.82) is 5.26 Å². The first-order valence-corrected chi connectivity index (χ1v) is 12.9. The molecule has 1 fully saturated rings. The highest BCUT2D eigenvalue weighted by atomic mass is 16.5. The van der Waals surface area contributed by atoms with Crippen LogP contribution in [0.1, 0.15) is 19.8 Å². The topological polar surface area (TPSA) is 152 Å². The van der Waals surface area contributed by atoms with Crippen LogP contribution in [-0.2, 0) is 9.53 Å². The first-order valence-electron chi connectivity index (χ1n) is 12.9. The normalized spacial score (nSPS) is 17.0. The largest absolute Gasteiger partial charge is 0.491 e. The van der Waals surface area contributed by atoms with Crippen molar-refractivity contribution in [3.05, 3.63) is 42.9 Å². The van der Waals surface area contributed by atoms with Crippen molar-refractivity contribution in [2.75, 3.05) is 56.7 Å². The number of nitrogens with one attached hydrogen (secondary N) is 1. The van der Waals surface area contributed by atoms with Crippen LogP contribution < -0.4 is 20.7 Å². The van der Waals surface area contributed by atoms with Gasteiger partial charge in [-0.25, -0.2) is 14.8 Å². The molecule has 3 heterocycles. The number of fused-ring (bicyclic) bond motifs is 1. The van der Waals surface area contributed by atoms with Gasteiger partial charge in [-0.1, -0.05) is 6.92 Å². The van der Waals surface area contributed by atoms with Crippen molar-refractivity contribution >= 4 is 34.5 Å². The summed E-state index contributed by atoms with van der Waals surface area (Å²) in [5, 5.41) is 12.5. The van der Waals surface area contributed by atoms with Gasteiger partial charge in [0.2, 0.25) is 5.91 Å². The average Bonchev–Trinajstić information content (AvgIpc) is 3.38. The van der Waals surface area contributed by atoms with Gasteiger partial charge in [0.15, 0.2) is 5.65 Å². The second-order valence-corrected chi connectivity index (χ2v) is 9.44. The van der Waals surface area contributed by atoms with E-state index in [1.807, 2.05) is 24.1 Å². The maximum absolute atomic E-state index is 13.1. The lowest BCUT2D eigenvalue weighted by molar-refractivity contribution is -0.131. The number of hydrogen-bond donors (Lipinski definition) is 2. The summed E-state index contributed by atoms with van der Waals surface area (Å²) in [4.78, 5) is 38.1. The highest BCUT2D eigenvalue weighted by Crippen LogP contribution is 2.30. The number of nitriles is 1. The number of hydrogen-bond acceptors (Lipinski definition) is 9. The number of piperidine rings is 1. The molecule has 1 aliphatic rings. The van der Waals surface area contributed by atoms with Crippen molar-refractivity contribution in [1.82, 2.24) is 19.4 Å². The Bertz CT molecular complexity index is 1320. The zero-order valence-corrected chi connectivity index (χ0v) is 22.2. The number of ether oxygens (including phenoxy) is 2. The molecule has 0 aliphatic carbocycles. The van der Waals surface area contributed by atoms with Crippen LogP contribution in [0.15, 0.2) is 42.9 Å². The molecule has 2 aromatic heterocycles. The molecule has 0 bridgehead atoms. The van der Waals surface area contributed by atoms with E-state index in [-0.39, 0.29) is 24.4 Å². The maximum atomic E-state index is 13.1. The third-order valence-electron chi connectivity index (χ3n) is 6.88. The molecule has 1 aromatic carbocycles. The summed E-state index contributed by atoms with van der Waals surface area (Å²) in [7, 11) is 1.94. The number of carbonyl (C=O) groups is 2. The number of nitrogens with two attached hydrogens (primary N) is 1. The van der Waals surface area contributed by atoms with Gasteiger partial charge in [-0.2, -0.15) is 5.26 Å². The Kier molecular flexibility index (Phi) is 9.30. The van der Waals surface area contributed by atoms with E-state index in [9.17, 15) is 9.59 Å². The van der Waals surface area contributed by atoms with Crippen LogP contribution in [0.3, 0.4) is 0 Å². The number of nitrogens with zero attached hydrogens (tertiary/aromatic N) is 6. The van der Waals surface area contributed by atoms with Crippen molar-refractivity contribution in [2.24, 2.45) is 11.7 Å². The van der Waals surface area contributed by atoms with E-state index in [0.717, 1.165) is 11.8 Å². The van der Waals surface area contributed by atoms with Gasteiger partial charge >= 0.3 is 6.03 Å². The first-order chi connectivity index (χ1) is 18.9. The van der Waals surface area contributed by atoms with Crippen molar-refractivity contribution < 1.29 is 19.1 Å². The van der Waals surface area contributed by atoms with E-state index in [2.05, 4.69) is 22.2 Å². The molecule has 0 unspecified atom stereocenters. The second-order valence-electron chi connectivity index (χ2n) is 9.44. The minimum absolute atomic E-state index is 0.00428. The summed E-state index contributed by atoms with van der Waals surface area (Å²) in [5.74, 6) is 1.49. The van der Waals surface area contributed by atoms with E-state index in [0.29, 0.717) is 68.3 Å². The zero-order valence-electron chi connectivity index (χ0n) is 22.2. The fourth-order valence-corrected chi connectivity index (χ4v) is 4.72. The minimum Gasteiger partial charge on any atom is -0.491 e. The predicted molar refractivity (Wildman–Crippen MR) is 147 cm³/mol. The van der Waals surface area contributed by atoms with E-state index in [4.69, 9.17) is 20.5 Å². The molecular formula is C27H34N8O4. The summed E-state index contributed by atoms with van der Waals surface area (Å²) in [6.45, 7) is 5.12. The lowest BCUT2D eigenvalue weighted by atomic mass is 9.92. The SMILES string of the molecule is C[C@@H]1CCN(C(=O)CC#N)C[C@@H]1N(C)c1ncnc2c1ccn2C(=O)Nc1ccc(OCCOCCN)cc1. The predicted octanol–water partition coefficient (Wildman–Crippen LogP) is 2.45. The average molecular weight is 535 g/mol. The second kappa shape index (κ2) is 13.0. The van der Waals surface area contributed by atoms with Crippen LogP contribution in [0.2, 0.25) is 0 Å². The van der Waals surface area contributed by atoms with Gasteiger partial charge in [-0.05, 0) is 42.7 Å². The van der Waals surface area contributed by atoms with Gasteiger partial charge in [0.25, 0.3) is 0 Å². The molecule has 1 saturated heterocycles. The number of carbonyl (C=O) groups excluding carboxylic acids is 2. The van der Waals surface area contributed by atoms with Crippen LogP contribution in [0.25, 0.3) is 11.0 Å². The first kappa shape index (κ1) is 27.8. The lowest BCUT2D eigenvalue weighted by Crippen LogP contribution is -2.52. The number of amides is 2. The van der Waals surface area contributed by atoms with Gasteiger partial charge in [0, 0.05) is 38.6 Å². The van der Waals surface area contributed by atoms with Crippen molar-refractivity contribution in [2.45, 2.75) is 25.8 Å². The number of rotatable bonds is 10. The monoisotopic (exact) mass is 534 g/mol. The molecule has 1 aliphatic heterocycles. The van der Waals surface area contributed by atoms with Crippen LogP contribution in [0.5, 0.6) is 5.75 Å². The Balaban J connectivity index is 1.44. The summed E-state index contributed by atoms with van der Waals surface area (Å²) in [6, 6.07) is 10.5. The van der Waals surface area contributed by atoms with Gasteiger partial charge in [-0.3, -0.25) is 9.36 Å². The Labute approximate surface area is 227 Å². The molecule has 4 rings (SSSR count). The van der Waals surface area contributed by atoms with Crippen LogP contribution in [-0.4, -0.2) is 83.9 Å². The summed E-state index contributed by atoms with van der Waals surface area (Å²) in [5.41, 5.74) is 6.48. The van der Waals surface area contributed by atoms with Crippen molar-refractivity contribution in [3.63, 3.8) is 0 Å². The van der Waals surface area contributed by atoms with Gasteiger partial charge in [0.1, 0.15) is 30.9 Å². The molecule has 0 saturated carbocycles. The van der Waals surface area contributed by atoms with E-state index in [1.54, 1.807) is 35.4 Å². The lowest BCUT2D eigenvalue weighted by Gasteiger charge is -2.42. The number of likely N-dealkylation sites (tertiary alicyclic amines) is 1. The number of anilines is 2. The molecule has 12 heteroatoms. The molecule has 3 N–H and O–H groups in total. The number of aromatic nitrogens is 3. The van der Waals surface area contributed by atoms with Gasteiger partial charge in [0.05, 0.1) is 30.7 Å². The molecule has 0 radical (unpaired) electrons. The standard InChI is InChI=1S/C27H34N8O4/c1-19-8-12-34(24(36)7-10-28)17-23(19)33(2)25-22-9-13-35(26(22)31-18-30-25)27(37)32-20-3-5-21(6-4-20)39-16-15-38-14-11-29/h3-6,9,13,18-19,23H,7-8,11-12,14-17,29H2,1-2H3,(H,32,37)/t19-,23+/m1/s1. The van der Waals surface area contributed by atoms with Crippen molar-refractivity contribution in [3.8, 4) is 11.8 Å². The summed E-state index contributed by atoms with van der Waals surface area (Å²) in [6.07, 6.45) is 3.81. The molecule has 3 aromatic rings. The highest BCUT2D eigenvalue weighted by Gasteiger charge is 2.32. The van der Waals surface area contributed by atoms with E-state index >= 15 is 0 Å². The van der Waals surface area contributed by atoms with Gasteiger partial charge < -0.3 is 30.3 Å². The molecule has 12 nitrogen and oxygen atoms in total. The maximum Gasteiger partial charge on any atom is 0.331 e. The fraction of sp³-hybridized carbons (Fsp3) is 0.444.